The first-order chi connectivity index (χ1) is 18.1. The molecule has 0 spiro atoms. The molecule has 0 atom stereocenters. The van der Waals surface area contributed by atoms with Crippen LogP contribution < -0.4 is 14.8 Å². The van der Waals surface area contributed by atoms with Gasteiger partial charge in [0.1, 0.15) is 13.2 Å². The van der Waals surface area contributed by atoms with E-state index in [-0.39, 0.29) is 4.91 Å². The Morgan fingerprint density at radius 3 is 2.55 bits per heavy atom. The zero-order valence-corrected chi connectivity index (χ0v) is 24.6. The maximum Gasteiger partial charge on any atom is 0.294 e. The molecule has 0 aromatic heterocycles. The number of aryl methyl sites for hydroxylation is 2. The fourth-order valence-corrected chi connectivity index (χ4v) is 5.44. The summed E-state index contributed by atoms with van der Waals surface area (Å²) in [6.45, 7) is 3.83. The molecule has 3 aromatic carbocycles. The SMILES string of the molecule is COc1cc(/C=C2\SC(=O)N(CC(=O)Nc3cc(Cl)ccc3C)C2=O)cc(I)c1OCc1ccc(C)cc1. The number of hydrogen-bond donors (Lipinski definition) is 1. The van der Waals surface area contributed by atoms with Crippen molar-refractivity contribution in [2.75, 3.05) is 19.0 Å². The highest BCUT2D eigenvalue weighted by molar-refractivity contribution is 14.1. The number of thioether (sulfide) groups is 1. The summed E-state index contributed by atoms with van der Waals surface area (Å²) >= 11 is 8.94. The van der Waals surface area contributed by atoms with Gasteiger partial charge in [0.05, 0.1) is 15.6 Å². The molecule has 0 unspecified atom stereocenters. The quantitative estimate of drug-likeness (QED) is 0.211. The minimum Gasteiger partial charge on any atom is -0.493 e. The maximum atomic E-state index is 13.0. The first kappa shape index (κ1) is 28.0. The van der Waals surface area contributed by atoms with E-state index in [2.05, 4.69) is 27.9 Å². The van der Waals surface area contributed by atoms with E-state index in [1.54, 1.807) is 37.5 Å². The Kier molecular flexibility index (Phi) is 9.01. The topological polar surface area (TPSA) is 84.9 Å². The van der Waals surface area contributed by atoms with Crippen LogP contribution >= 0.6 is 46.0 Å². The van der Waals surface area contributed by atoms with Crippen LogP contribution in [0.3, 0.4) is 0 Å². The van der Waals surface area contributed by atoms with Crippen LogP contribution in [0, 0.1) is 17.4 Å². The fourth-order valence-electron chi connectivity index (χ4n) is 3.65. The number of imide groups is 1. The molecule has 10 heteroatoms. The minimum absolute atomic E-state index is 0.216. The number of halogens is 2. The van der Waals surface area contributed by atoms with E-state index < -0.39 is 23.6 Å². The lowest BCUT2D eigenvalue weighted by Gasteiger charge is -2.14. The van der Waals surface area contributed by atoms with E-state index in [1.807, 2.05) is 44.2 Å². The van der Waals surface area contributed by atoms with Gasteiger partial charge in [-0.1, -0.05) is 47.5 Å². The van der Waals surface area contributed by atoms with Gasteiger partial charge >= 0.3 is 0 Å². The van der Waals surface area contributed by atoms with Crippen LogP contribution in [-0.4, -0.2) is 35.6 Å². The summed E-state index contributed by atoms with van der Waals surface area (Å²) in [7, 11) is 1.54. The standard InChI is InChI=1S/C28H24ClIN2O5S/c1-16-4-7-18(8-5-16)15-37-26-21(30)10-19(11-23(26)36-3)12-24-27(34)32(28(35)38-24)14-25(33)31-22-13-20(29)9-6-17(22)2/h4-13H,14-15H2,1-3H3,(H,31,33)/b24-12-. The summed E-state index contributed by atoms with van der Waals surface area (Å²) < 4.78 is 12.4. The van der Waals surface area contributed by atoms with Crippen LogP contribution in [0.15, 0.2) is 59.5 Å². The molecule has 0 bridgehead atoms. The summed E-state index contributed by atoms with van der Waals surface area (Å²) in [5.41, 5.74) is 4.20. The molecular weight excluding hydrogens is 639 g/mol. The maximum absolute atomic E-state index is 13.0. The Hall–Kier alpha value is -3.02. The highest BCUT2D eigenvalue weighted by atomic mass is 127. The second-order valence-electron chi connectivity index (χ2n) is 8.58. The summed E-state index contributed by atoms with van der Waals surface area (Å²) in [5.74, 6) is 0.0644. The lowest BCUT2D eigenvalue weighted by molar-refractivity contribution is -0.127. The lowest BCUT2D eigenvalue weighted by atomic mass is 10.1. The average Bonchev–Trinajstić information content (AvgIpc) is 3.13. The summed E-state index contributed by atoms with van der Waals surface area (Å²) in [4.78, 5) is 39.2. The monoisotopic (exact) mass is 662 g/mol. The molecule has 1 aliphatic heterocycles. The first-order valence-corrected chi connectivity index (χ1v) is 13.8. The number of anilines is 1. The van der Waals surface area contributed by atoms with Crippen molar-refractivity contribution in [2.24, 2.45) is 0 Å². The van der Waals surface area contributed by atoms with Gasteiger partial charge in [-0.05, 0) is 95.2 Å². The van der Waals surface area contributed by atoms with E-state index >= 15 is 0 Å². The number of nitrogens with zero attached hydrogens (tertiary/aromatic N) is 1. The van der Waals surface area contributed by atoms with Gasteiger partial charge in [0.25, 0.3) is 11.1 Å². The fraction of sp³-hybridized carbons (Fsp3) is 0.179. The zero-order valence-electron chi connectivity index (χ0n) is 20.8. The smallest absolute Gasteiger partial charge is 0.294 e. The Bertz CT molecular complexity index is 1440. The number of carbonyl (C=O) groups excluding carboxylic acids is 3. The zero-order chi connectivity index (χ0) is 27.4. The van der Waals surface area contributed by atoms with Gasteiger partial charge in [-0.3, -0.25) is 19.3 Å². The van der Waals surface area contributed by atoms with Crippen molar-refractivity contribution in [1.82, 2.24) is 4.90 Å². The molecule has 196 valence electrons. The number of carbonyl (C=O) groups is 3. The Balaban J connectivity index is 1.47. The molecule has 1 fully saturated rings. The predicted molar refractivity (Wildman–Crippen MR) is 159 cm³/mol. The molecule has 3 aromatic rings. The summed E-state index contributed by atoms with van der Waals surface area (Å²) in [6, 6.07) is 16.8. The molecule has 0 saturated carbocycles. The van der Waals surface area contributed by atoms with Gasteiger partial charge in [-0.25, -0.2) is 0 Å². The third-order valence-corrected chi connectivity index (χ3v) is 7.65. The molecule has 0 radical (unpaired) electrons. The van der Waals surface area contributed by atoms with E-state index in [9.17, 15) is 14.4 Å². The van der Waals surface area contributed by atoms with Crippen molar-refractivity contribution < 1.29 is 23.9 Å². The van der Waals surface area contributed by atoms with Gasteiger partial charge in [0.2, 0.25) is 5.91 Å². The van der Waals surface area contributed by atoms with Crippen LogP contribution in [0.5, 0.6) is 11.5 Å². The van der Waals surface area contributed by atoms with Crippen LogP contribution in [0.4, 0.5) is 10.5 Å². The highest BCUT2D eigenvalue weighted by Crippen LogP contribution is 2.37. The number of rotatable bonds is 8. The largest absolute Gasteiger partial charge is 0.493 e. The van der Waals surface area contributed by atoms with Crippen molar-refractivity contribution in [3.8, 4) is 11.5 Å². The average molecular weight is 663 g/mol. The van der Waals surface area contributed by atoms with Crippen molar-refractivity contribution in [3.63, 3.8) is 0 Å². The van der Waals surface area contributed by atoms with Crippen molar-refractivity contribution in [1.29, 1.82) is 0 Å². The molecule has 4 rings (SSSR count). The number of ether oxygens (including phenoxy) is 2. The van der Waals surface area contributed by atoms with Gasteiger partial charge in [-0.15, -0.1) is 0 Å². The number of nitrogens with one attached hydrogen (secondary N) is 1. The molecule has 1 saturated heterocycles. The number of methoxy groups -OCH3 is 1. The third-order valence-electron chi connectivity index (χ3n) is 5.70. The summed E-state index contributed by atoms with van der Waals surface area (Å²) in [6.07, 6.45) is 1.61. The van der Waals surface area contributed by atoms with Gasteiger partial charge in [0.15, 0.2) is 11.5 Å². The van der Waals surface area contributed by atoms with Crippen LogP contribution in [0.1, 0.15) is 22.3 Å². The van der Waals surface area contributed by atoms with E-state index in [1.165, 1.54) is 5.56 Å². The van der Waals surface area contributed by atoms with Gasteiger partial charge < -0.3 is 14.8 Å². The van der Waals surface area contributed by atoms with Crippen molar-refractivity contribution in [2.45, 2.75) is 20.5 Å². The molecule has 3 amide bonds. The van der Waals surface area contributed by atoms with Gasteiger partial charge in [-0.2, -0.15) is 0 Å². The second kappa shape index (κ2) is 12.2. The van der Waals surface area contributed by atoms with Crippen LogP contribution in [0.2, 0.25) is 5.02 Å². The number of hydrogen-bond acceptors (Lipinski definition) is 6. The lowest BCUT2D eigenvalue weighted by Crippen LogP contribution is -2.36. The van der Waals surface area contributed by atoms with E-state index in [0.717, 1.165) is 31.4 Å². The predicted octanol–water partition coefficient (Wildman–Crippen LogP) is 6.82. The number of benzene rings is 3. The third kappa shape index (κ3) is 6.69. The normalized spacial score (nSPS) is 14.2. The highest BCUT2D eigenvalue weighted by Gasteiger charge is 2.36. The van der Waals surface area contributed by atoms with Crippen molar-refractivity contribution in [3.05, 3.63) is 90.3 Å². The van der Waals surface area contributed by atoms with Crippen LogP contribution in [-0.2, 0) is 16.2 Å². The van der Waals surface area contributed by atoms with E-state index in [4.69, 9.17) is 21.1 Å². The molecule has 38 heavy (non-hydrogen) atoms. The Morgan fingerprint density at radius 2 is 1.84 bits per heavy atom. The molecule has 1 aliphatic rings. The minimum atomic E-state index is -0.536. The molecule has 1 heterocycles. The second-order valence-corrected chi connectivity index (χ2v) is 11.2. The van der Waals surface area contributed by atoms with Crippen molar-refractivity contribution >= 4 is 74.8 Å². The van der Waals surface area contributed by atoms with Crippen LogP contribution in [0.25, 0.3) is 6.08 Å². The molecule has 0 aliphatic carbocycles. The molecule has 7 nitrogen and oxygen atoms in total. The first-order valence-electron chi connectivity index (χ1n) is 11.5. The van der Waals surface area contributed by atoms with E-state index in [0.29, 0.717) is 34.4 Å². The van der Waals surface area contributed by atoms with Gasteiger partial charge in [0, 0.05) is 10.7 Å². The number of amides is 3. The molecule has 1 N–H and O–H groups in total. The molecular formula is C28H24ClIN2O5S. The Morgan fingerprint density at radius 1 is 1.11 bits per heavy atom. The summed E-state index contributed by atoms with van der Waals surface area (Å²) in [5, 5.41) is 2.66. The Labute approximate surface area is 243 Å².